The van der Waals surface area contributed by atoms with Crippen LogP contribution in [0.3, 0.4) is 0 Å². The van der Waals surface area contributed by atoms with Crippen molar-refractivity contribution in [2.45, 2.75) is 25.3 Å². The molecule has 108 valence electrons. The molecule has 1 amide bonds. The van der Waals surface area contributed by atoms with Gasteiger partial charge in [0, 0.05) is 12.6 Å². The number of rotatable bonds is 7. The Kier molecular flexibility index (Phi) is 4.68. The molecule has 1 aromatic carbocycles. The molecule has 1 aliphatic rings. The lowest BCUT2D eigenvalue weighted by atomic mass is 10.3. The molecule has 20 heavy (non-hydrogen) atoms. The highest BCUT2D eigenvalue weighted by Gasteiger charge is 2.30. The van der Waals surface area contributed by atoms with E-state index in [9.17, 15) is 14.0 Å². The number of hydrogen-bond acceptors (Lipinski definition) is 3. The lowest BCUT2D eigenvalue weighted by Crippen LogP contribution is -2.36. The van der Waals surface area contributed by atoms with Gasteiger partial charge in [0.1, 0.15) is 5.82 Å². The smallest absolute Gasteiger partial charge is 0.304 e. The molecule has 0 heterocycles. The van der Waals surface area contributed by atoms with Crippen LogP contribution in [0.15, 0.2) is 24.3 Å². The highest BCUT2D eigenvalue weighted by Crippen LogP contribution is 2.26. The van der Waals surface area contributed by atoms with Crippen LogP contribution in [0.2, 0.25) is 0 Å². The number of para-hydroxylation sites is 1. The first-order chi connectivity index (χ1) is 9.56. The average molecular weight is 280 g/mol. The van der Waals surface area contributed by atoms with E-state index in [1.54, 1.807) is 12.1 Å². The number of carboxylic acid groups (broad SMARTS) is 1. The second kappa shape index (κ2) is 6.47. The normalized spacial score (nSPS) is 14.3. The maximum absolute atomic E-state index is 13.4. The van der Waals surface area contributed by atoms with Gasteiger partial charge < -0.3 is 10.4 Å². The van der Waals surface area contributed by atoms with Crippen LogP contribution in [0, 0.1) is 5.82 Å². The number of nitrogens with one attached hydrogen (secondary N) is 1. The fourth-order valence-corrected chi connectivity index (χ4v) is 2.01. The third kappa shape index (κ3) is 4.31. The van der Waals surface area contributed by atoms with Gasteiger partial charge in [0.05, 0.1) is 18.7 Å². The van der Waals surface area contributed by atoms with Crippen molar-refractivity contribution in [3.8, 4) is 0 Å². The van der Waals surface area contributed by atoms with Crippen LogP contribution in [0.4, 0.5) is 10.1 Å². The molecule has 0 unspecified atom stereocenters. The van der Waals surface area contributed by atoms with Gasteiger partial charge in [-0.1, -0.05) is 12.1 Å². The quantitative estimate of drug-likeness (QED) is 0.797. The third-order valence-corrected chi connectivity index (χ3v) is 3.17. The topological polar surface area (TPSA) is 69.6 Å². The zero-order valence-corrected chi connectivity index (χ0v) is 11.0. The highest BCUT2D eigenvalue weighted by molar-refractivity contribution is 5.92. The standard InChI is InChI=1S/C14H17FN2O3/c15-11-3-1-2-4-12(11)16-13(18)9-17(10-5-6-10)8-7-14(19)20/h1-4,10H,5-9H2,(H,16,18)(H,19,20). The Morgan fingerprint density at radius 3 is 2.65 bits per heavy atom. The Balaban J connectivity index is 1.88. The van der Waals surface area contributed by atoms with E-state index in [-0.39, 0.29) is 30.6 Å². The molecule has 5 nitrogen and oxygen atoms in total. The molecule has 0 spiro atoms. The molecule has 2 rings (SSSR count). The van der Waals surface area contributed by atoms with Crippen molar-refractivity contribution in [3.05, 3.63) is 30.1 Å². The van der Waals surface area contributed by atoms with Crippen molar-refractivity contribution < 1.29 is 19.1 Å². The van der Waals surface area contributed by atoms with Gasteiger partial charge in [0.2, 0.25) is 5.91 Å². The summed E-state index contributed by atoms with van der Waals surface area (Å²) in [6.45, 7) is 0.428. The summed E-state index contributed by atoms with van der Waals surface area (Å²) in [6.07, 6.45) is 1.96. The molecule has 6 heteroatoms. The van der Waals surface area contributed by atoms with Gasteiger partial charge in [-0.15, -0.1) is 0 Å². The summed E-state index contributed by atoms with van der Waals surface area (Å²) in [7, 11) is 0. The van der Waals surface area contributed by atoms with Crippen molar-refractivity contribution in [3.63, 3.8) is 0 Å². The minimum atomic E-state index is -0.884. The van der Waals surface area contributed by atoms with Gasteiger partial charge in [-0.05, 0) is 25.0 Å². The summed E-state index contributed by atoms with van der Waals surface area (Å²) in [4.78, 5) is 24.3. The largest absolute Gasteiger partial charge is 0.481 e. The first kappa shape index (κ1) is 14.5. The fraction of sp³-hybridized carbons (Fsp3) is 0.429. The van der Waals surface area contributed by atoms with E-state index in [2.05, 4.69) is 5.32 Å². The van der Waals surface area contributed by atoms with Crippen molar-refractivity contribution in [1.82, 2.24) is 4.90 Å². The Morgan fingerprint density at radius 1 is 1.35 bits per heavy atom. The molecular weight excluding hydrogens is 263 g/mol. The predicted octanol–water partition coefficient (Wildman–Crippen LogP) is 1.70. The van der Waals surface area contributed by atoms with Crippen LogP contribution in [0.25, 0.3) is 0 Å². The number of hydrogen-bond donors (Lipinski definition) is 2. The molecule has 1 aliphatic carbocycles. The lowest BCUT2D eigenvalue weighted by molar-refractivity contribution is -0.137. The second-order valence-corrected chi connectivity index (χ2v) is 4.87. The van der Waals surface area contributed by atoms with Crippen molar-refractivity contribution >= 4 is 17.6 Å². The fourth-order valence-electron chi connectivity index (χ4n) is 2.01. The molecule has 2 N–H and O–H groups in total. The van der Waals surface area contributed by atoms with Crippen LogP contribution >= 0.6 is 0 Å². The van der Waals surface area contributed by atoms with Gasteiger partial charge in [-0.25, -0.2) is 4.39 Å². The molecular formula is C14H17FN2O3. The number of carbonyl (C=O) groups excluding carboxylic acids is 1. The van der Waals surface area contributed by atoms with Crippen LogP contribution in [0.5, 0.6) is 0 Å². The van der Waals surface area contributed by atoms with Crippen LogP contribution in [-0.4, -0.2) is 41.0 Å². The maximum atomic E-state index is 13.4. The van der Waals surface area contributed by atoms with Gasteiger partial charge in [-0.3, -0.25) is 14.5 Å². The SMILES string of the molecule is O=C(O)CCN(CC(=O)Nc1ccccc1F)C1CC1. The summed E-state index contributed by atoms with van der Waals surface area (Å²) in [5.41, 5.74) is 0.145. The molecule has 1 aromatic rings. The van der Waals surface area contributed by atoms with E-state index in [4.69, 9.17) is 5.11 Å². The summed E-state index contributed by atoms with van der Waals surface area (Å²) in [5, 5.41) is 11.2. The van der Waals surface area contributed by atoms with Crippen molar-refractivity contribution in [2.24, 2.45) is 0 Å². The third-order valence-electron chi connectivity index (χ3n) is 3.17. The number of amides is 1. The molecule has 0 radical (unpaired) electrons. The molecule has 1 saturated carbocycles. The van der Waals surface area contributed by atoms with Crippen molar-refractivity contribution in [2.75, 3.05) is 18.4 Å². The van der Waals surface area contributed by atoms with Gasteiger partial charge in [-0.2, -0.15) is 0 Å². The Morgan fingerprint density at radius 2 is 2.05 bits per heavy atom. The molecule has 0 bridgehead atoms. The lowest BCUT2D eigenvalue weighted by Gasteiger charge is -2.20. The minimum Gasteiger partial charge on any atom is -0.481 e. The summed E-state index contributed by atoms with van der Waals surface area (Å²) < 4.78 is 13.4. The molecule has 1 fully saturated rings. The van der Waals surface area contributed by atoms with E-state index < -0.39 is 11.8 Å². The molecule has 0 saturated heterocycles. The molecule has 0 atom stereocenters. The zero-order chi connectivity index (χ0) is 14.5. The number of anilines is 1. The monoisotopic (exact) mass is 280 g/mol. The molecule has 0 aliphatic heterocycles. The maximum Gasteiger partial charge on any atom is 0.304 e. The number of nitrogens with zero attached hydrogens (tertiary/aromatic N) is 1. The second-order valence-electron chi connectivity index (χ2n) is 4.87. The molecule has 0 aromatic heterocycles. The van der Waals surface area contributed by atoms with E-state index >= 15 is 0 Å². The number of carboxylic acids is 1. The van der Waals surface area contributed by atoms with Crippen LogP contribution in [-0.2, 0) is 9.59 Å². The average Bonchev–Trinajstić information content (AvgIpc) is 3.21. The summed E-state index contributed by atoms with van der Waals surface area (Å²) in [5.74, 6) is -1.69. The van der Waals surface area contributed by atoms with Crippen LogP contribution in [0.1, 0.15) is 19.3 Å². The first-order valence-corrected chi connectivity index (χ1v) is 6.56. The van der Waals surface area contributed by atoms with Crippen molar-refractivity contribution in [1.29, 1.82) is 0 Å². The highest BCUT2D eigenvalue weighted by atomic mass is 19.1. The van der Waals surface area contributed by atoms with E-state index in [1.807, 2.05) is 4.90 Å². The summed E-state index contributed by atoms with van der Waals surface area (Å²) >= 11 is 0. The number of carbonyl (C=O) groups is 2. The number of halogens is 1. The Bertz CT molecular complexity index is 503. The van der Waals surface area contributed by atoms with E-state index in [0.717, 1.165) is 12.8 Å². The predicted molar refractivity (Wildman–Crippen MR) is 71.9 cm³/mol. The van der Waals surface area contributed by atoms with E-state index in [0.29, 0.717) is 6.54 Å². The van der Waals surface area contributed by atoms with Gasteiger partial charge in [0.25, 0.3) is 0 Å². The minimum absolute atomic E-state index is 0.00345. The number of aliphatic carboxylic acids is 1. The van der Waals surface area contributed by atoms with Gasteiger partial charge in [0.15, 0.2) is 0 Å². The number of benzene rings is 1. The van der Waals surface area contributed by atoms with Crippen LogP contribution < -0.4 is 5.32 Å². The zero-order valence-electron chi connectivity index (χ0n) is 11.0. The van der Waals surface area contributed by atoms with Gasteiger partial charge >= 0.3 is 5.97 Å². The first-order valence-electron chi connectivity index (χ1n) is 6.56. The van der Waals surface area contributed by atoms with E-state index in [1.165, 1.54) is 12.1 Å². The Labute approximate surface area is 116 Å². The Hall–Kier alpha value is -1.95. The summed E-state index contributed by atoms with van der Waals surface area (Å²) in [6, 6.07) is 6.24.